The van der Waals surface area contributed by atoms with E-state index >= 15 is 0 Å². The van der Waals surface area contributed by atoms with Crippen LogP contribution in [0.25, 0.3) is 11.0 Å². The number of rotatable bonds is 4. The molecule has 0 fully saturated rings. The Kier molecular flexibility index (Phi) is 5.69. The molecule has 1 heterocycles. The highest BCUT2D eigenvalue weighted by Crippen LogP contribution is 2.33. The first-order chi connectivity index (χ1) is 14.6. The maximum absolute atomic E-state index is 13.0. The summed E-state index contributed by atoms with van der Waals surface area (Å²) in [6, 6.07) is 7.11. The van der Waals surface area contributed by atoms with Gasteiger partial charge in [0, 0.05) is 14.1 Å². The van der Waals surface area contributed by atoms with E-state index in [-0.39, 0.29) is 33.1 Å². The second-order valence-electron chi connectivity index (χ2n) is 7.22. The van der Waals surface area contributed by atoms with Gasteiger partial charge in [-0.2, -0.15) is 13.2 Å². The number of aromatic nitrogens is 2. The lowest BCUT2D eigenvalue weighted by molar-refractivity contribution is -0.242. The first-order valence-electron chi connectivity index (χ1n) is 8.89. The van der Waals surface area contributed by atoms with Crippen molar-refractivity contribution in [1.29, 1.82) is 0 Å². The maximum atomic E-state index is 13.0. The summed E-state index contributed by atoms with van der Waals surface area (Å²) in [7, 11) is -1.09. The van der Waals surface area contributed by atoms with Gasteiger partial charge >= 0.3 is 11.9 Å². The van der Waals surface area contributed by atoms with Crippen LogP contribution in [0.2, 0.25) is 5.02 Å². The Bertz CT molecular complexity index is 1410. The molecule has 0 unspecified atom stereocenters. The highest BCUT2D eigenvalue weighted by molar-refractivity contribution is 7.91. The van der Waals surface area contributed by atoms with Crippen LogP contribution in [-0.2, 0) is 28.7 Å². The molecular weight excluding hydrogens is 475 g/mol. The summed E-state index contributed by atoms with van der Waals surface area (Å²) in [5.74, 6) is -1.78. The third kappa shape index (κ3) is 3.78. The Balaban J connectivity index is 1.98. The van der Waals surface area contributed by atoms with Crippen LogP contribution in [0.15, 0.2) is 51.0 Å². The van der Waals surface area contributed by atoms with Gasteiger partial charge in [0.05, 0.1) is 31.5 Å². The number of nitrogens with one attached hydrogen (secondary N) is 1. The van der Waals surface area contributed by atoms with Gasteiger partial charge in [-0.25, -0.2) is 13.2 Å². The summed E-state index contributed by atoms with van der Waals surface area (Å²) in [6.45, 7) is 0.280. The van der Waals surface area contributed by atoms with Crippen molar-refractivity contribution in [3.63, 3.8) is 0 Å². The van der Waals surface area contributed by atoms with Gasteiger partial charge in [0.1, 0.15) is 0 Å². The van der Waals surface area contributed by atoms with Gasteiger partial charge in [0.25, 0.3) is 5.91 Å². The number of carbonyl (C=O) groups excluding carboxylic acids is 1. The van der Waals surface area contributed by atoms with E-state index in [4.69, 9.17) is 11.6 Å². The van der Waals surface area contributed by atoms with Crippen molar-refractivity contribution in [2.75, 3.05) is 5.32 Å². The predicted octanol–water partition coefficient (Wildman–Crippen LogP) is 2.62. The monoisotopic (exact) mass is 491 g/mol. The second kappa shape index (κ2) is 7.64. The lowest BCUT2D eigenvalue weighted by Crippen LogP contribution is -2.52. The van der Waals surface area contributed by atoms with Crippen LogP contribution in [0, 0.1) is 0 Å². The van der Waals surface area contributed by atoms with E-state index in [1.807, 2.05) is 5.32 Å². The van der Waals surface area contributed by atoms with Gasteiger partial charge in [-0.1, -0.05) is 11.6 Å². The molecular formula is C19H17ClF3N3O5S. The molecule has 172 valence electrons. The molecule has 2 aromatic carbocycles. The topological polar surface area (TPSA) is 110 Å². The molecule has 1 amide bonds. The molecule has 0 aliphatic carbocycles. The highest BCUT2D eigenvalue weighted by atomic mass is 35.5. The van der Waals surface area contributed by atoms with Gasteiger partial charge in [0.15, 0.2) is 0 Å². The molecule has 0 aliphatic heterocycles. The van der Waals surface area contributed by atoms with Crippen LogP contribution in [0.5, 0.6) is 0 Å². The van der Waals surface area contributed by atoms with E-state index in [1.54, 1.807) is 7.05 Å². The van der Waals surface area contributed by atoms with Gasteiger partial charge < -0.3 is 10.4 Å². The fourth-order valence-corrected chi connectivity index (χ4v) is 4.53. The van der Waals surface area contributed by atoms with Crippen molar-refractivity contribution in [3.8, 4) is 0 Å². The number of carbonyl (C=O) groups is 1. The molecule has 13 heteroatoms. The van der Waals surface area contributed by atoms with Gasteiger partial charge in [-0.3, -0.25) is 13.9 Å². The number of sulfone groups is 1. The summed E-state index contributed by atoms with van der Waals surface area (Å²) in [6.07, 6.45) is -5.23. The van der Waals surface area contributed by atoms with Crippen LogP contribution in [0.3, 0.4) is 0 Å². The van der Waals surface area contributed by atoms with Crippen molar-refractivity contribution in [1.82, 2.24) is 9.13 Å². The van der Waals surface area contributed by atoms with E-state index in [2.05, 4.69) is 0 Å². The molecule has 3 rings (SSSR count). The Morgan fingerprint density at radius 1 is 1.03 bits per heavy atom. The Morgan fingerprint density at radius 3 is 2.12 bits per heavy atom. The van der Waals surface area contributed by atoms with Crippen LogP contribution < -0.4 is 11.0 Å². The number of fused-ring (bicyclic) bond motifs is 1. The molecule has 8 nitrogen and oxygen atoms in total. The number of hydrogen-bond acceptors (Lipinski definition) is 5. The van der Waals surface area contributed by atoms with E-state index < -0.39 is 27.5 Å². The van der Waals surface area contributed by atoms with Crippen LogP contribution in [0.4, 0.5) is 18.9 Å². The predicted molar refractivity (Wildman–Crippen MR) is 110 cm³/mol. The number of anilines is 1. The third-order valence-electron chi connectivity index (χ3n) is 5.05. The van der Waals surface area contributed by atoms with Crippen molar-refractivity contribution < 1.29 is 31.5 Å². The fraction of sp³-hybridized carbons (Fsp3) is 0.263. The van der Waals surface area contributed by atoms with Crippen molar-refractivity contribution >= 4 is 44.1 Å². The molecule has 0 radical (unpaired) electrons. The van der Waals surface area contributed by atoms with Gasteiger partial charge in [-0.15, -0.1) is 0 Å². The number of halogens is 4. The number of alkyl halides is 3. The third-order valence-corrected chi connectivity index (χ3v) is 7.11. The lowest BCUT2D eigenvalue weighted by Gasteiger charge is -2.25. The zero-order chi connectivity index (χ0) is 24.2. The van der Waals surface area contributed by atoms with Crippen molar-refractivity contribution in [2.45, 2.75) is 28.5 Å². The standard InChI is InChI=1S/C19H17ClF3N3O5S/c1-18(29,19(21,22)23)16(27)24-13-6-4-10(8-12(13)20)32(30,31)11-5-7-14-15(9-11)26(3)17(28)25(14)2/h4-9,29H,1-3H3,(H,24,27)/t18-/m1/s1. The highest BCUT2D eigenvalue weighted by Gasteiger charge is 2.55. The molecule has 32 heavy (non-hydrogen) atoms. The Labute approximate surface area is 184 Å². The zero-order valence-electron chi connectivity index (χ0n) is 16.9. The van der Waals surface area contributed by atoms with Gasteiger partial charge in [0.2, 0.25) is 15.4 Å². The van der Waals surface area contributed by atoms with E-state index in [0.29, 0.717) is 11.0 Å². The van der Waals surface area contributed by atoms with Crippen LogP contribution in [-0.4, -0.2) is 40.3 Å². The molecule has 2 N–H and O–H groups in total. The largest absolute Gasteiger partial charge is 0.426 e. The SMILES string of the molecule is Cn1c(=O)n(C)c2cc(S(=O)(=O)c3ccc(NC(=O)[C@@](C)(O)C(F)(F)F)c(Cl)c3)ccc21. The van der Waals surface area contributed by atoms with Crippen molar-refractivity contribution in [3.05, 3.63) is 51.9 Å². The lowest BCUT2D eigenvalue weighted by atomic mass is 10.1. The number of aliphatic hydroxyl groups is 1. The Morgan fingerprint density at radius 2 is 1.56 bits per heavy atom. The summed E-state index contributed by atoms with van der Waals surface area (Å²) in [5, 5.41) is 10.9. The molecule has 0 bridgehead atoms. The minimum Gasteiger partial charge on any atom is -0.373 e. The molecule has 0 saturated heterocycles. The minimum atomic E-state index is -5.23. The van der Waals surface area contributed by atoms with Crippen LogP contribution in [0.1, 0.15) is 6.92 Å². The molecule has 0 aliphatic rings. The number of imidazole rings is 1. The number of amides is 1. The van der Waals surface area contributed by atoms with E-state index in [9.17, 15) is 36.3 Å². The molecule has 0 saturated carbocycles. The Hall–Kier alpha value is -2.83. The summed E-state index contributed by atoms with van der Waals surface area (Å²) in [5.41, 5.74) is -3.44. The smallest absolute Gasteiger partial charge is 0.373 e. The number of aryl methyl sites for hydroxylation is 2. The number of nitrogens with zero attached hydrogens (tertiary/aromatic N) is 2. The minimum absolute atomic E-state index is 0.140. The van der Waals surface area contributed by atoms with E-state index in [0.717, 1.165) is 18.2 Å². The second-order valence-corrected chi connectivity index (χ2v) is 9.58. The molecule has 1 atom stereocenters. The molecule has 3 aromatic rings. The summed E-state index contributed by atoms with van der Waals surface area (Å²) in [4.78, 5) is 23.5. The fourth-order valence-electron chi connectivity index (χ4n) is 2.93. The first kappa shape index (κ1) is 23.8. The zero-order valence-corrected chi connectivity index (χ0v) is 18.4. The maximum Gasteiger partial charge on any atom is 0.426 e. The molecule has 0 spiro atoms. The average Bonchev–Trinajstić information content (AvgIpc) is 2.92. The normalized spacial score (nSPS) is 14.4. The van der Waals surface area contributed by atoms with Crippen LogP contribution >= 0.6 is 11.6 Å². The van der Waals surface area contributed by atoms with Crippen molar-refractivity contribution in [2.24, 2.45) is 14.1 Å². The van der Waals surface area contributed by atoms with E-state index in [1.165, 1.54) is 34.4 Å². The average molecular weight is 492 g/mol. The first-order valence-corrected chi connectivity index (χ1v) is 10.8. The summed E-state index contributed by atoms with van der Waals surface area (Å²) >= 11 is 5.98. The summed E-state index contributed by atoms with van der Waals surface area (Å²) < 4.78 is 67.1. The molecule has 1 aromatic heterocycles. The quantitative estimate of drug-likeness (QED) is 0.583. The number of benzene rings is 2. The number of hydrogen-bond donors (Lipinski definition) is 2. The van der Waals surface area contributed by atoms with Gasteiger partial charge in [-0.05, 0) is 43.3 Å².